The fourth-order valence-electron chi connectivity index (χ4n) is 2.37. The van der Waals surface area contributed by atoms with Crippen molar-refractivity contribution in [2.75, 3.05) is 6.54 Å². The molecule has 0 amide bonds. The fraction of sp³-hybridized carbons (Fsp3) is 0.600. The highest BCUT2D eigenvalue weighted by atomic mass is 79.9. The van der Waals surface area contributed by atoms with Crippen LogP contribution in [0.15, 0.2) is 22.7 Å². The van der Waals surface area contributed by atoms with Crippen molar-refractivity contribution in [1.29, 1.82) is 0 Å². The van der Waals surface area contributed by atoms with Gasteiger partial charge >= 0.3 is 0 Å². The number of hydrogen-bond acceptors (Lipinski definition) is 2. The molecule has 0 bridgehead atoms. The molecule has 2 nitrogen and oxygen atoms in total. The van der Waals surface area contributed by atoms with Gasteiger partial charge in [-0.3, -0.25) is 0 Å². The highest BCUT2D eigenvalue weighted by molar-refractivity contribution is 9.10. The molecule has 1 saturated carbocycles. The Balaban J connectivity index is 1.98. The Kier molecular flexibility index (Phi) is 4.68. The third kappa shape index (κ3) is 3.27. The van der Waals surface area contributed by atoms with E-state index in [9.17, 15) is 0 Å². The zero-order valence-electron chi connectivity index (χ0n) is 11.4. The van der Waals surface area contributed by atoms with Crippen LogP contribution in [-0.4, -0.2) is 18.7 Å². The molecule has 1 aliphatic carbocycles. The minimum atomic E-state index is 0.382. The Labute approximate surface area is 118 Å². The highest BCUT2D eigenvalue weighted by Crippen LogP contribution is 2.33. The number of rotatable bonds is 5. The van der Waals surface area contributed by atoms with E-state index in [-0.39, 0.29) is 0 Å². The third-order valence-corrected chi connectivity index (χ3v) is 3.97. The van der Waals surface area contributed by atoms with Crippen LogP contribution in [0.3, 0.4) is 0 Å². The first-order valence-corrected chi connectivity index (χ1v) is 7.59. The van der Waals surface area contributed by atoms with Gasteiger partial charge in [-0.2, -0.15) is 0 Å². The molecule has 1 aromatic carbocycles. The molecule has 1 fully saturated rings. The van der Waals surface area contributed by atoms with E-state index in [1.807, 2.05) is 0 Å². The van der Waals surface area contributed by atoms with E-state index < -0.39 is 0 Å². The maximum absolute atomic E-state index is 6.11. The maximum Gasteiger partial charge on any atom is 0.123 e. The average molecular weight is 312 g/mol. The molecule has 1 N–H and O–H groups in total. The molecule has 0 radical (unpaired) electrons. The van der Waals surface area contributed by atoms with Gasteiger partial charge in [-0.05, 0) is 49.1 Å². The van der Waals surface area contributed by atoms with E-state index >= 15 is 0 Å². The van der Waals surface area contributed by atoms with E-state index in [1.54, 1.807) is 0 Å². The molecule has 3 heteroatoms. The Morgan fingerprint density at radius 2 is 2.11 bits per heavy atom. The molecule has 0 unspecified atom stereocenters. The van der Waals surface area contributed by atoms with Gasteiger partial charge in [-0.25, -0.2) is 0 Å². The van der Waals surface area contributed by atoms with Crippen LogP contribution in [0.25, 0.3) is 0 Å². The van der Waals surface area contributed by atoms with Gasteiger partial charge in [-0.15, -0.1) is 0 Å². The zero-order valence-corrected chi connectivity index (χ0v) is 13.0. The molecule has 1 aromatic rings. The van der Waals surface area contributed by atoms with Crippen molar-refractivity contribution in [1.82, 2.24) is 5.32 Å². The third-order valence-electron chi connectivity index (χ3n) is 3.48. The van der Waals surface area contributed by atoms with Crippen LogP contribution < -0.4 is 10.1 Å². The topological polar surface area (TPSA) is 21.3 Å². The summed E-state index contributed by atoms with van der Waals surface area (Å²) in [4.78, 5) is 0. The second-order valence-electron chi connectivity index (χ2n) is 5.30. The summed E-state index contributed by atoms with van der Waals surface area (Å²) in [6.45, 7) is 7.61. The minimum absolute atomic E-state index is 0.382. The molecule has 0 atom stereocenters. The van der Waals surface area contributed by atoms with E-state index in [0.29, 0.717) is 18.1 Å². The van der Waals surface area contributed by atoms with Crippen molar-refractivity contribution in [3.63, 3.8) is 0 Å². The van der Waals surface area contributed by atoms with Gasteiger partial charge in [0.05, 0.1) is 0 Å². The lowest BCUT2D eigenvalue weighted by Gasteiger charge is -2.36. The molecule has 0 heterocycles. The molecule has 18 heavy (non-hydrogen) atoms. The van der Waals surface area contributed by atoms with Crippen molar-refractivity contribution >= 4 is 15.9 Å². The summed E-state index contributed by atoms with van der Waals surface area (Å²) in [5.41, 5.74) is 1.29. The lowest BCUT2D eigenvalue weighted by atomic mass is 9.89. The lowest BCUT2D eigenvalue weighted by Crippen LogP contribution is -2.46. The molecular formula is C15H22BrNO. The first-order chi connectivity index (χ1) is 8.60. The van der Waals surface area contributed by atoms with Gasteiger partial charge in [0.15, 0.2) is 0 Å². The summed E-state index contributed by atoms with van der Waals surface area (Å²) in [6.07, 6.45) is 2.64. The Hall–Kier alpha value is -0.540. The first kappa shape index (κ1) is 13.9. The molecule has 2 rings (SSSR count). The number of halogens is 1. The van der Waals surface area contributed by atoms with Crippen molar-refractivity contribution in [2.24, 2.45) is 0 Å². The van der Waals surface area contributed by atoms with Crippen molar-refractivity contribution in [3.05, 3.63) is 28.2 Å². The summed E-state index contributed by atoms with van der Waals surface area (Å²) >= 11 is 3.53. The van der Waals surface area contributed by atoms with E-state index in [4.69, 9.17) is 4.74 Å². The molecule has 1 aliphatic rings. The van der Waals surface area contributed by atoms with Gasteiger partial charge in [0.25, 0.3) is 0 Å². The molecule has 0 aromatic heterocycles. The van der Waals surface area contributed by atoms with Crippen molar-refractivity contribution in [3.8, 4) is 5.75 Å². The van der Waals surface area contributed by atoms with Crippen LogP contribution in [0.2, 0.25) is 0 Å². The fourth-order valence-corrected chi connectivity index (χ4v) is 2.75. The number of benzene rings is 1. The highest BCUT2D eigenvalue weighted by Gasteiger charge is 2.30. The first-order valence-electron chi connectivity index (χ1n) is 6.79. The van der Waals surface area contributed by atoms with Gasteiger partial charge in [0, 0.05) is 10.5 Å². The smallest absolute Gasteiger partial charge is 0.123 e. The zero-order chi connectivity index (χ0) is 13.1. The Morgan fingerprint density at radius 1 is 1.39 bits per heavy atom. The number of hydrogen-bond donors (Lipinski definition) is 1. The molecule has 0 saturated heterocycles. The second-order valence-corrected chi connectivity index (χ2v) is 6.22. The largest absolute Gasteiger partial charge is 0.490 e. The van der Waals surface area contributed by atoms with Crippen molar-refractivity contribution in [2.45, 2.75) is 51.7 Å². The standard InChI is InChI=1S/C15H22BrNO/c1-4-17-12-8-13(9-12)18-15-6-5-11(16)7-14(15)10(2)3/h5-7,10,12-13,17H,4,8-9H2,1-3H3. The summed E-state index contributed by atoms with van der Waals surface area (Å²) in [6, 6.07) is 6.96. The summed E-state index contributed by atoms with van der Waals surface area (Å²) in [5, 5.41) is 3.46. The predicted octanol–water partition coefficient (Wildman–Crippen LogP) is 4.09. The van der Waals surface area contributed by atoms with Crippen molar-refractivity contribution < 1.29 is 4.74 Å². The average Bonchev–Trinajstić information content (AvgIpc) is 2.28. The summed E-state index contributed by atoms with van der Waals surface area (Å²) in [5.74, 6) is 1.54. The lowest BCUT2D eigenvalue weighted by molar-refractivity contribution is 0.0847. The van der Waals surface area contributed by atoms with Gasteiger partial charge < -0.3 is 10.1 Å². The van der Waals surface area contributed by atoms with Gasteiger partial charge in [-0.1, -0.05) is 36.7 Å². The molecule has 100 valence electrons. The SMILES string of the molecule is CCNC1CC(Oc2ccc(Br)cc2C(C)C)C1. The molecule has 0 aliphatic heterocycles. The quantitative estimate of drug-likeness (QED) is 0.884. The Bertz CT molecular complexity index is 399. The van der Waals surface area contributed by atoms with Crippen LogP contribution in [0.5, 0.6) is 5.75 Å². The van der Waals surface area contributed by atoms with E-state index in [1.165, 1.54) is 5.56 Å². The maximum atomic E-state index is 6.11. The van der Waals surface area contributed by atoms with Crippen LogP contribution in [0.4, 0.5) is 0 Å². The number of ether oxygens (including phenoxy) is 1. The summed E-state index contributed by atoms with van der Waals surface area (Å²) in [7, 11) is 0. The van der Waals surface area contributed by atoms with E-state index in [0.717, 1.165) is 29.6 Å². The second kappa shape index (κ2) is 6.07. The van der Waals surface area contributed by atoms with Crippen LogP contribution in [0, 0.1) is 0 Å². The molecule has 0 spiro atoms. The molecular weight excluding hydrogens is 290 g/mol. The Morgan fingerprint density at radius 3 is 2.72 bits per heavy atom. The minimum Gasteiger partial charge on any atom is -0.490 e. The normalized spacial score (nSPS) is 22.9. The van der Waals surface area contributed by atoms with E-state index in [2.05, 4.69) is 60.2 Å². The van der Waals surface area contributed by atoms with Gasteiger partial charge in [0.1, 0.15) is 11.9 Å². The van der Waals surface area contributed by atoms with Crippen LogP contribution in [-0.2, 0) is 0 Å². The number of nitrogens with one attached hydrogen (secondary N) is 1. The monoisotopic (exact) mass is 311 g/mol. The van der Waals surface area contributed by atoms with Crippen LogP contribution >= 0.6 is 15.9 Å². The van der Waals surface area contributed by atoms with Gasteiger partial charge in [0.2, 0.25) is 0 Å². The predicted molar refractivity (Wildman–Crippen MR) is 79.3 cm³/mol. The van der Waals surface area contributed by atoms with Crippen LogP contribution in [0.1, 0.15) is 45.1 Å². The summed E-state index contributed by atoms with van der Waals surface area (Å²) < 4.78 is 7.24.